The monoisotopic (exact) mass is 550 g/mol. The zero-order valence-electron chi connectivity index (χ0n) is 18.1. The number of carbonyl (C=O) groups is 2. The number of rotatable bonds is 4. The van der Waals surface area contributed by atoms with Gasteiger partial charge in [0.2, 0.25) is 0 Å². The van der Waals surface area contributed by atoms with E-state index in [0.717, 1.165) is 0 Å². The van der Waals surface area contributed by atoms with Gasteiger partial charge in [-0.1, -0.05) is 46.4 Å². The number of nitrogens with two attached hydrogens (primary N) is 1. The third-order valence-corrected chi connectivity index (χ3v) is 6.04. The molecule has 12 heteroatoms. The molecule has 0 spiro atoms. The predicted octanol–water partition coefficient (Wildman–Crippen LogP) is 6.82. The molecule has 0 unspecified atom stereocenters. The van der Waals surface area contributed by atoms with E-state index in [1.54, 1.807) is 6.07 Å². The Bertz CT molecular complexity index is 1340. The Balaban J connectivity index is 2.08. The fraction of sp³-hybridized carbons (Fsp3) is 0.0870. The van der Waals surface area contributed by atoms with E-state index in [0.29, 0.717) is 22.3 Å². The van der Waals surface area contributed by atoms with Gasteiger partial charge in [-0.15, -0.1) is 0 Å². The van der Waals surface area contributed by atoms with E-state index < -0.39 is 12.1 Å². The number of hydrogen-bond donors (Lipinski definition) is 4. The number of hydrogen-bond acceptors (Lipinski definition) is 5. The molecular formula is C23H16Cl4N5O3. The Morgan fingerprint density at radius 2 is 1.49 bits per heavy atom. The summed E-state index contributed by atoms with van der Waals surface area (Å²) >= 11 is 25.2. The fourth-order valence-electron chi connectivity index (χ4n) is 3.16. The molecule has 5 N–H and O–H groups in total. The lowest BCUT2D eigenvalue weighted by Crippen LogP contribution is -2.24. The van der Waals surface area contributed by atoms with Crippen molar-refractivity contribution < 1.29 is 14.3 Å². The Labute approximate surface area is 220 Å². The van der Waals surface area contributed by atoms with Gasteiger partial charge in [-0.2, -0.15) is 5.26 Å². The van der Waals surface area contributed by atoms with E-state index in [9.17, 15) is 14.9 Å². The molecule has 0 aliphatic carbocycles. The number of nitrogens with zero attached hydrogens (tertiary/aromatic N) is 1. The first-order chi connectivity index (χ1) is 16.6. The largest absolute Gasteiger partial charge is 0.453 e. The molecule has 3 aromatic carbocycles. The van der Waals surface area contributed by atoms with E-state index >= 15 is 0 Å². The minimum atomic E-state index is -0.737. The number of methoxy groups -OCH3 is 1. The van der Waals surface area contributed by atoms with Crippen molar-refractivity contribution in [1.82, 2.24) is 5.32 Å². The average molecular weight is 552 g/mol. The SMILES string of the molecule is CNC(=O)Nc1c(Cl)cc(-c2[c]cc(-c3cc(Cl)c(NC(=O)OC)c(Cl)c3)c(N)c2C#N)cc1Cl. The summed E-state index contributed by atoms with van der Waals surface area (Å²) in [6, 6.07) is 12.3. The van der Waals surface area contributed by atoms with Gasteiger partial charge in [0, 0.05) is 18.2 Å². The Kier molecular flexibility index (Phi) is 8.20. The number of carbonyl (C=O) groups excluding carboxylic acids is 2. The van der Waals surface area contributed by atoms with E-state index in [1.807, 2.05) is 0 Å². The Morgan fingerprint density at radius 1 is 0.971 bits per heavy atom. The molecule has 0 saturated carbocycles. The second-order valence-electron chi connectivity index (χ2n) is 6.93. The molecule has 35 heavy (non-hydrogen) atoms. The summed E-state index contributed by atoms with van der Waals surface area (Å²) in [7, 11) is 2.66. The molecule has 179 valence electrons. The van der Waals surface area contributed by atoms with Gasteiger partial charge in [0.25, 0.3) is 0 Å². The third-order valence-electron chi connectivity index (χ3n) is 4.84. The van der Waals surface area contributed by atoms with Crippen molar-refractivity contribution >= 4 is 75.6 Å². The molecule has 0 fully saturated rings. The molecule has 8 nitrogen and oxygen atoms in total. The van der Waals surface area contributed by atoms with Crippen LogP contribution in [0.2, 0.25) is 20.1 Å². The van der Waals surface area contributed by atoms with Gasteiger partial charge in [0.1, 0.15) is 6.07 Å². The molecule has 1 radical (unpaired) electrons. The van der Waals surface area contributed by atoms with Gasteiger partial charge in [0.05, 0.1) is 49.8 Å². The molecular weight excluding hydrogens is 536 g/mol. The van der Waals surface area contributed by atoms with Crippen LogP contribution < -0.4 is 21.7 Å². The minimum absolute atomic E-state index is 0.116. The molecule has 0 aromatic heterocycles. The second-order valence-corrected chi connectivity index (χ2v) is 8.56. The number of halogens is 4. The summed E-state index contributed by atoms with van der Waals surface area (Å²) in [5.41, 5.74) is 8.73. The summed E-state index contributed by atoms with van der Waals surface area (Å²) in [4.78, 5) is 23.2. The smallest absolute Gasteiger partial charge is 0.411 e. The van der Waals surface area contributed by atoms with Crippen LogP contribution in [0.1, 0.15) is 5.56 Å². The van der Waals surface area contributed by atoms with Crippen molar-refractivity contribution in [2.45, 2.75) is 0 Å². The first-order valence-corrected chi connectivity index (χ1v) is 11.2. The molecule has 0 bridgehead atoms. The number of nitriles is 1. The van der Waals surface area contributed by atoms with Crippen molar-refractivity contribution in [2.24, 2.45) is 0 Å². The van der Waals surface area contributed by atoms with Gasteiger partial charge in [-0.05, 0) is 47.5 Å². The Hall–Kier alpha value is -3.35. The van der Waals surface area contributed by atoms with Gasteiger partial charge < -0.3 is 21.1 Å². The van der Waals surface area contributed by atoms with Crippen LogP contribution in [0.25, 0.3) is 22.3 Å². The minimum Gasteiger partial charge on any atom is -0.453 e. The van der Waals surface area contributed by atoms with Crippen molar-refractivity contribution in [3.05, 3.63) is 62.1 Å². The highest BCUT2D eigenvalue weighted by Gasteiger charge is 2.19. The van der Waals surface area contributed by atoms with Gasteiger partial charge >= 0.3 is 12.1 Å². The second kappa shape index (κ2) is 10.9. The lowest BCUT2D eigenvalue weighted by molar-refractivity contribution is 0.187. The molecule has 3 aromatic rings. The maximum atomic E-state index is 11.6. The van der Waals surface area contributed by atoms with Crippen LogP contribution in [0.3, 0.4) is 0 Å². The third kappa shape index (κ3) is 5.50. The fourth-order valence-corrected chi connectivity index (χ4v) is 4.32. The number of amides is 3. The summed E-state index contributed by atoms with van der Waals surface area (Å²) < 4.78 is 4.56. The van der Waals surface area contributed by atoms with Crippen molar-refractivity contribution in [3.8, 4) is 28.3 Å². The molecule has 0 atom stereocenters. The van der Waals surface area contributed by atoms with Crippen LogP contribution in [0.4, 0.5) is 26.7 Å². The van der Waals surface area contributed by atoms with Crippen LogP contribution in [0.15, 0.2) is 30.3 Å². The first kappa shape index (κ1) is 26.3. The topological polar surface area (TPSA) is 129 Å². The first-order valence-electron chi connectivity index (χ1n) is 9.68. The maximum absolute atomic E-state index is 11.6. The molecule has 0 aliphatic rings. The van der Waals surface area contributed by atoms with Crippen molar-refractivity contribution in [2.75, 3.05) is 30.5 Å². The maximum Gasteiger partial charge on any atom is 0.411 e. The summed E-state index contributed by atoms with van der Waals surface area (Å²) in [6.45, 7) is 0. The van der Waals surface area contributed by atoms with Gasteiger partial charge in [-0.3, -0.25) is 5.32 Å². The highest BCUT2D eigenvalue weighted by molar-refractivity contribution is 6.41. The molecule has 0 heterocycles. The van der Waals surface area contributed by atoms with Crippen LogP contribution >= 0.6 is 46.4 Å². The molecule has 3 rings (SSSR count). The summed E-state index contributed by atoms with van der Waals surface area (Å²) in [5.74, 6) is 0. The highest BCUT2D eigenvalue weighted by atomic mass is 35.5. The van der Waals surface area contributed by atoms with Gasteiger partial charge in [0.15, 0.2) is 0 Å². The number of nitrogen functional groups attached to an aromatic ring is 1. The number of benzene rings is 3. The molecule has 0 aliphatic heterocycles. The van der Waals surface area contributed by atoms with Gasteiger partial charge in [-0.25, -0.2) is 9.59 Å². The normalized spacial score (nSPS) is 10.3. The number of nitrogens with one attached hydrogen (secondary N) is 3. The van der Waals surface area contributed by atoms with Crippen LogP contribution in [-0.4, -0.2) is 26.3 Å². The quantitative estimate of drug-likeness (QED) is 0.264. The van der Waals surface area contributed by atoms with Crippen molar-refractivity contribution in [1.29, 1.82) is 5.26 Å². The lowest BCUT2D eigenvalue weighted by Gasteiger charge is -2.16. The van der Waals surface area contributed by atoms with Crippen LogP contribution in [-0.2, 0) is 4.74 Å². The Morgan fingerprint density at radius 3 is 1.97 bits per heavy atom. The summed E-state index contributed by atoms with van der Waals surface area (Å²) in [6.07, 6.45) is -0.737. The molecule has 0 saturated heterocycles. The highest BCUT2D eigenvalue weighted by Crippen LogP contribution is 2.42. The van der Waals surface area contributed by atoms with E-state index in [-0.39, 0.29) is 42.7 Å². The zero-order valence-corrected chi connectivity index (χ0v) is 21.2. The standard InChI is InChI=1S/C23H16Cl4N5O3/c1-30-22(33)31-20-15(24)5-10(6-16(20)25)12-3-4-13(19(29)14(12)9-28)11-7-17(26)21(18(27)8-11)32-23(34)35-2/h4-8H,29H2,1-2H3,(H,32,34)(H2,30,31,33). The molecule has 3 amide bonds. The lowest BCUT2D eigenvalue weighted by atomic mass is 9.93. The van der Waals surface area contributed by atoms with E-state index in [4.69, 9.17) is 52.1 Å². The summed E-state index contributed by atoms with van der Waals surface area (Å²) in [5, 5.41) is 17.8. The van der Waals surface area contributed by atoms with Crippen LogP contribution in [0, 0.1) is 17.4 Å². The number of anilines is 3. The van der Waals surface area contributed by atoms with E-state index in [1.165, 1.54) is 38.4 Å². The zero-order chi connectivity index (χ0) is 25.9. The predicted molar refractivity (Wildman–Crippen MR) is 139 cm³/mol. The van der Waals surface area contributed by atoms with Crippen molar-refractivity contribution in [3.63, 3.8) is 0 Å². The number of ether oxygens (including phenoxy) is 1. The van der Waals surface area contributed by atoms with Crippen LogP contribution in [0.5, 0.6) is 0 Å². The average Bonchev–Trinajstić information content (AvgIpc) is 2.82. The van der Waals surface area contributed by atoms with E-state index in [2.05, 4.69) is 32.8 Å². The number of urea groups is 1.